The number of nitro groups is 1. The molecule has 2 aromatic carbocycles. The molecule has 3 aromatic rings. The Labute approximate surface area is 180 Å². The molecule has 0 aliphatic carbocycles. The maximum Gasteiger partial charge on any atom is 0.422 e. The average molecular weight is 451 g/mol. The second-order valence-corrected chi connectivity index (χ2v) is 7.41. The summed E-state index contributed by atoms with van der Waals surface area (Å²) in [4.78, 5) is 21.6. The molecule has 3 rings (SSSR count). The van der Waals surface area contributed by atoms with Crippen LogP contribution in [-0.4, -0.2) is 44.4 Å². The summed E-state index contributed by atoms with van der Waals surface area (Å²) >= 11 is 0. The molecule has 32 heavy (non-hydrogen) atoms. The molecule has 0 fully saturated rings. The van der Waals surface area contributed by atoms with E-state index in [4.69, 9.17) is 5.11 Å². The van der Waals surface area contributed by atoms with Crippen LogP contribution in [0.3, 0.4) is 0 Å². The molecule has 0 saturated carbocycles. The van der Waals surface area contributed by atoms with Crippen molar-refractivity contribution in [2.24, 2.45) is 0 Å². The van der Waals surface area contributed by atoms with Crippen molar-refractivity contribution in [3.8, 4) is 0 Å². The van der Waals surface area contributed by atoms with Gasteiger partial charge in [0.2, 0.25) is 0 Å². The SMILES string of the molecule is C[C@H](NCC(O)(c1cn(Cc2ccccc2)c2cc([N+](=O)[O-])ccc12)C(F)(F)F)C(=O)O. The summed E-state index contributed by atoms with van der Waals surface area (Å²) in [5, 5.41) is 33.1. The summed E-state index contributed by atoms with van der Waals surface area (Å²) in [7, 11) is 0. The van der Waals surface area contributed by atoms with Crippen LogP contribution in [0.2, 0.25) is 0 Å². The van der Waals surface area contributed by atoms with Gasteiger partial charge >= 0.3 is 12.1 Å². The number of aliphatic carboxylic acids is 1. The van der Waals surface area contributed by atoms with E-state index in [-0.39, 0.29) is 23.1 Å². The van der Waals surface area contributed by atoms with Gasteiger partial charge in [-0.25, -0.2) is 0 Å². The number of nitrogens with zero attached hydrogens (tertiary/aromatic N) is 2. The van der Waals surface area contributed by atoms with Gasteiger partial charge in [0.15, 0.2) is 5.60 Å². The van der Waals surface area contributed by atoms with E-state index >= 15 is 0 Å². The number of aromatic nitrogens is 1. The third-order valence-electron chi connectivity index (χ3n) is 5.22. The van der Waals surface area contributed by atoms with Crippen LogP contribution < -0.4 is 5.32 Å². The minimum Gasteiger partial charge on any atom is -0.480 e. The lowest BCUT2D eigenvalue weighted by atomic mass is 9.92. The lowest BCUT2D eigenvalue weighted by Gasteiger charge is -2.31. The van der Waals surface area contributed by atoms with Crippen molar-refractivity contribution in [3.63, 3.8) is 0 Å². The molecule has 1 heterocycles. The quantitative estimate of drug-likeness (QED) is 0.357. The van der Waals surface area contributed by atoms with Crippen LogP contribution in [0.1, 0.15) is 18.1 Å². The van der Waals surface area contributed by atoms with Crippen molar-refractivity contribution in [1.29, 1.82) is 0 Å². The Morgan fingerprint density at radius 3 is 2.44 bits per heavy atom. The number of halogens is 3. The van der Waals surface area contributed by atoms with Crippen LogP contribution >= 0.6 is 0 Å². The lowest BCUT2D eigenvalue weighted by Crippen LogP contribution is -2.52. The fourth-order valence-electron chi connectivity index (χ4n) is 3.37. The normalized spacial score (nSPS) is 14.8. The minimum absolute atomic E-state index is 0.0314. The maximum absolute atomic E-state index is 14.1. The van der Waals surface area contributed by atoms with Crippen LogP contribution in [0.25, 0.3) is 10.9 Å². The number of benzene rings is 2. The zero-order chi connectivity index (χ0) is 23.7. The van der Waals surface area contributed by atoms with E-state index in [1.165, 1.54) is 4.57 Å². The van der Waals surface area contributed by atoms with Gasteiger partial charge in [0, 0.05) is 42.4 Å². The van der Waals surface area contributed by atoms with E-state index in [1.54, 1.807) is 30.3 Å². The maximum atomic E-state index is 14.1. The van der Waals surface area contributed by atoms with E-state index < -0.39 is 40.8 Å². The Morgan fingerprint density at radius 2 is 1.88 bits per heavy atom. The molecular formula is C21H20F3N3O5. The van der Waals surface area contributed by atoms with Crippen LogP contribution in [0.4, 0.5) is 18.9 Å². The molecule has 1 aromatic heterocycles. The highest BCUT2D eigenvalue weighted by atomic mass is 19.4. The number of alkyl halides is 3. The first-order valence-electron chi connectivity index (χ1n) is 9.51. The van der Waals surface area contributed by atoms with Gasteiger partial charge in [-0.3, -0.25) is 14.9 Å². The third kappa shape index (κ3) is 4.43. The summed E-state index contributed by atoms with van der Waals surface area (Å²) in [6.07, 6.45) is -4.06. The van der Waals surface area contributed by atoms with Gasteiger partial charge in [-0.15, -0.1) is 0 Å². The summed E-state index contributed by atoms with van der Waals surface area (Å²) in [6.45, 7) is 0.137. The number of carbonyl (C=O) groups is 1. The molecule has 1 unspecified atom stereocenters. The number of non-ortho nitro benzene ring substituents is 1. The first-order chi connectivity index (χ1) is 14.9. The molecule has 170 valence electrons. The van der Waals surface area contributed by atoms with Crippen LogP contribution in [0.5, 0.6) is 0 Å². The molecule has 0 spiro atoms. The number of carboxylic acid groups (broad SMARTS) is 1. The first-order valence-corrected chi connectivity index (χ1v) is 9.51. The summed E-state index contributed by atoms with van der Waals surface area (Å²) < 4.78 is 43.6. The molecule has 0 saturated heterocycles. The van der Waals surface area contributed by atoms with Crippen molar-refractivity contribution < 1.29 is 33.1 Å². The molecule has 0 aliphatic heterocycles. The zero-order valence-corrected chi connectivity index (χ0v) is 16.8. The van der Waals surface area contributed by atoms with Crippen LogP contribution in [0, 0.1) is 10.1 Å². The Morgan fingerprint density at radius 1 is 1.22 bits per heavy atom. The molecule has 0 aliphatic rings. The van der Waals surface area contributed by atoms with Gasteiger partial charge in [0.05, 0.1) is 10.4 Å². The number of hydrogen-bond donors (Lipinski definition) is 3. The van der Waals surface area contributed by atoms with E-state index in [0.717, 1.165) is 36.9 Å². The predicted octanol–water partition coefficient (Wildman–Crippen LogP) is 3.41. The first kappa shape index (κ1) is 23.2. The molecule has 11 heteroatoms. The molecule has 0 amide bonds. The standard InChI is InChI=1S/C21H20F3N3O5/c1-13(19(28)29)25-12-20(30,21(22,23)24)17-11-26(10-14-5-3-2-4-6-14)18-9-15(27(31)32)7-8-16(17)18/h2-9,11,13,25,30H,10,12H2,1H3,(H,28,29)/t13-,20?/m0/s1. The van der Waals surface area contributed by atoms with E-state index in [9.17, 15) is 33.2 Å². The van der Waals surface area contributed by atoms with Gasteiger partial charge in [0.1, 0.15) is 6.04 Å². The number of carboxylic acids is 1. The third-order valence-corrected chi connectivity index (χ3v) is 5.22. The number of fused-ring (bicyclic) bond motifs is 1. The smallest absolute Gasteiger partial charge is 0.422 e. The van der Waals surface area contributed by atoms with Crippen molar-refractivity contribution >= 4 is 22.6 Å². The average Bonchev–Trinajstić information content (AvgIpc) is 3.09. The highest BCUT2D eigenvalue weighted by molar-refractivity contribution is 5.87. The van der Waals surface area contributed by atoms with Gasteiger partial charge in [0.25, 0.3) is 5.69 Å². The second-order valence-electron chi connectivity index (χ2n) is 7.41. The number of aliphatic hydroxyl groups is 1. The van der Waals surface area contributed by atoms with Gasteiger partial charge < -0.3 is 20.1 Å². The van der Waals surface area contributed by atoms with Crippen molar-refractivity contribution in [2.45, 2.75) is 31.3 Å². The largest absolute Gasteiger partial charge is 0.480 e. The van der Waals surface area contributed by atoms with E-state index in [2.05, 4.69) is 5.32 Å². The van der Waals surface area contributed by atoms with Crippen molar-refractivity contribution in [1.82, 2.24) is 9.88 Å². The Hall–Kier alpha value is -3.44. The molecular weight excluding hydrogens is 431 g/mol. The monoisotopic (exact) mass is 451 g/mol. The van der Waals surface area contributed by atoms with Gasteiger partial charge in [-0.2, -0.15) is 13.2 Å². The van der Waals surface area contributed by atoms with Gasteiger partial charge in [-0.1, -0.05) is 30.3 Å². The zero-order valence-electron chi connectivity index (χ0n) is 16.8. The fraction of sp³-hybridized carbons (Fsp3) is 0.286. The predicted molar refractivity (Wildman–Crippen MR) is 109 cm³/mol. The highest BCUT2D eigenvalue weighted by Gasteiger charge is 2.56. The fourth-order valence-corrected chi connectivity index (χ4v) is 3.37. The summed E-state index contributed by atoms with van der Waals surface area (Å²) in [5.74, 6) is -1.38. The van der Waals surface area contributed by atoms with Crippen LogP contribution in [-0.2, 0) is 16.9 Å². The van der Waals surface area contributed by atoms with E-state index in [1.807, 2.05) is 0 Å². The number of nitro benzene ring substituents is 1. The van der Waals surface area contributed by atoms with Crippen LogP contribution in [0.15, 0.2) is 54.7 Å². The summed E-state index contributed by atoms with van der Waals surface area (Å²) in [6, 6.07) is 10.8. The van der Waals surface area contributed by atoms with E-state index in [0.29, 0.717) is 0 Å². The summed E-state index contributed by atoms with van der Waals surface area (Å²) in [5.41, 5.74) is -3.42. The number of nitrogens with one attached hydrogen (secondary N) is 1. The lowest BCUT2D eigenvalue weighted by molar-refractivity contribution is -0.384. The topological polar surface area (TPSA) is 118 Å². The highest BCUT2D eigenvalue weighted by Crippen LogP contribution is 2.43. The number of rotatable bonds is 8. The van der Waals surface area contributed by atoms with Crippen molar-refractivity contribution in [3.05, 3.63) is 76.0 Å². The Bertz CT molecular complexity index is 1150. The second kappa shape index (κ2) is 8.60. The van der Waals surface area contributed by atoms with Crippen molar-refractivity contribution in [2.75, 3.05) is 6.54 Å². The minimum atomic E-state index is -5.16. The molecule has 2 atom stereocenters. The molecule has 3 N–H and O–H groups in total. The Balaban J connectivity index is 2.18. The Kier molecular flexibility index (Phi) is 6.24. The molecule has 0 bridgehead atoms. The molecule has 8 nitrogen and oxygen atoms in total. The number of hydrogen-bond acceptors (Lipinski definition) is 5. The van der Waals surface area contributed by atoms with Gasteiger partial charge in [-0.05, 0) is 18.6 Å². The molecule has 0 radical (unpaired) electrons.